The molecule has 0 atom stereocenters. The Morgan fingerprint density at radius 3 is 2.67 bits per heavy atom. The lowest BCUT2D eigenvalue weighted by atomic mass is 10.0. The van der Waals surface area contributed by atoms with E-state index in [1.807, 2.05) is 13.0 Å². The summed E-state index contributed by atoms with van der Waals surface area (Å²) in [7, 11) is 0. The molecular formula is C19H20N2O2S. The number of hydrogen-bond acceptors (Lipinski definition) is 4. The zero-order valence-electron chi connectivity index (χ0n) is 13.7. The number of hydrogen-bond donors (Lipinski definition) is 0. The lowest BCUT2D eigenvalue weighted by molar-refractivity contribution is -0.122. The van der Waals surface area contributed by atoms with Gasteiger partial charge in [0.25, 0.3) is 11.1 Å². The van der Waals surface area contributed by atoms with Gasteiger partial charge in [-0.3, -0.25) is 14.5 Å². The average Bonchev–Trinajstić information content (AvgIpc) is 2.85. The van der Waals surface area contributed by atoms with E-state index in [4.69, 9.17) is 6.42 Å². The number of terminal acetylenes is 1. The Bertz CT molecular complexity index is 742. The van der Waals surface area contributed by atoms with Crippen LogP contribution in [0.15, 0.2) is 23.1 Å². The highest BCUT2D eigenvalue weighted by molar-refractivity contribution is 8.18. The predicted molar refractivity (Wildman–Crippen MR) is 98.8 cm³/mol. The maximum Gasteiger partial charge on any atom is 0.294 e. The summed E-state index contributed by atoms with van der Waals surface area (Å²) in [4.78, 5) is 28.0. The molecule has 0 aliphatic carbocycles. The largest absolute Gasteiger partial charge is 0.372 e. The summed E-state index contributed by atoms with van der Waals surface area (Å²) in [6.07, 6.45) is 10.8. The number of nitrogens with zero attached hydrogens (tertiary/aromatic N) is 2. The highest BCUT2D eigenvalue weighted by Crippen LogP contribution is 2.33. The minimum atomic E-state index is -0.303. The van der Waals surface area contributed by atoms with E-state index in [1.165, 1.54) is 24.9 Å². The van der Waals surface area contributed by atoms with Gasteiger partial charge in [-0.1, -0.05) is 12.0 Å². The van der Waals surface area contributed by atoms with Gasteiger partial charge in [-0.15, -0.1) is 6.42 Å². The van der Waals surface area contributed by atoms with Gasteiger partial charge in [-0.25, -0.2) is 0 Å². The summed E-state index contributed by atoms with van der Waals surface area (Å²) in [6, 6.07) is 6.27. The van der Waals surface area contributed by atoms with E-state index in [9.17, 15) is 9.59 Å². The molecule has 1 aromatic carbocycles. The number of thioether (sulfide) groups is 1. The number of carbonyl (C=O) groups is 2. The van der Waals surface area contributed by atoms with Crippen LogP contribution in [-0.4, -0.2) is 35.7 Å². The van der Waals surface area contributed by atoms with Crippen molar-refractivity contribution in [3.63, 3.8) is 0 Å². The summed E-state index contributed by atoms with van der Waals surface area (Å²) in [5, 5.41) is -0.299. The quantitative estimate of drug-likeness (QED) is 0.622. The van der Waals surface area contributed by atoms with Crippen molar-refractivity contribution in [1.82, 2.24) is 4.90 Å². The second-order valence-corrected chi connectivity index (χ2v) is 7.05. The summed E-state index contributed by atoms with van der Waals surface area (Å²) in [5.41, 5.74) is 3.29. The molecule has 0 N–H and O–H groups in total. The van der Waals surface area contributed by atoms with E-state index >= 15 is 0 Å². The fourth-order valence-corrected chi connectivity index (χ4v) is 3.87. The van der Waals surface area contributed by atoms with Crippen molar-refractivity contribution in [3.05, 3.63) is 34.2 Å². The first-order valence-corrected chi connectivity index (χ1v) is 8.96. The van der Waals surface area contributed by atoms with Crippen molar-refractivity contribution in [2.75, 3.05) is 24.5 Å². The van der Waals surface area contributed by atoms with Crippen LogP contribution in [0.4, 0.5) is 10.5 Å². The number of imide groups is 1. The van der Waals surface area contributed by atoms with Crippen molar-refractivity contribution >= 4 is 34.7 Å². The minimum absolute atomic E-state index is 0.0227. The second-order valence-electron chi connectivity index (χ2n) is 6.06. The van der Waals surface area contributed by atoms with E-state index in [0.29, 0.717) is 4.91 Å². The Morgan fingerprint density at radius 1 is 1.25 bits per heavy atom. The fourth-order valence-electron chi connectivity index (χ4n) is 3.04. The molecule has 2 aliphatic rings. The molecule has 0 aromatic heterocycles. The van der Waals surface area contributed by atoms with Crippen LogP contribution < -0.4 is 4.90 Å². The zero-order chi connectivity index (χ0) is 17.1. The summed E-state index contributed by atoms with van der Waals surface area (Å²) in [6.45, 7) is 4.26. The van der Waals surface area contributed by atoms with E-state index in [1.54, 1.807) is 6.08 Å². The van der Waals surface area contributed by atoms with Crippen LogP contribution in [0.5, 0.6) is 0 Å². The van der Waals surface area contributed by atoms with Crippen molar-refractivity contribution < 1.29 is 9.59 Å². The third-order valence-electron chi connectivity index (χ3n) is 4.38. The lowest BCUT2D eigenvalue weighted by Crippen LogP contribution is -2.29. The van der Waals surface area contributed by atoms with E-state index in [0.717, 1.165) is 40.9 Å². The zero-order valence-corrected chi connectivity index (χ0v) is 14.6. The maximum atomic E-state index is 12.2. The van der Waals surface area contributed by atoms with Crippen LogP contribution in [0.2, 0.25) is 0 Å². The predicted octanol–water partition coefficient (Wildman–Crippen LogP) is 3.65. The molecule has 2 heterocycles. The standard InChI is InChI=1S/C19H20N2O2S/c1-3-9-21-18(22)17(24-19(21)23)13-15-7-8-16(12-14(15)2)20-10-5-4-6-11-20/h1,7-8,12-13H,4-6,9-11H2,2H3/b17-13+. The monoisotopic (exact) mass is 340 g/mol. The van der Waals surface area contributed by atoms with Gasteiger partial charge in [0.15, 0.2) is 0 Å². The number of piperidine rings is 1. The lowest BCUT2D eigenvalue weighted by Gasteiger charge is -2.29. The molecule has 0 saturated carbocycles. The van der Waals surface area contributed by atoms with E-state index in [-0.39, 0.29) is 17.7 Å². The molecule has 5 heteroatoms. The molecule has 2 amide bonds. The third kappa shape index (κ3) is 3.34. The van der Waals surface area contributed by atoms with Gasteiger partial charge in [-0.05, 0) is 67.3 Å². The molecule has 0 unspecified atom stereocenters. The number of benzene rings is 1. The van der Waals surface area contributed by atoms with E-state index in [2.05, 4.69) is 23.0 Å². The molecule has 2 aliphatic heterocycles. The maximum absolute atomic E-state index is 12.2. The molecular weight excluding hydrogens is 320 g/mol. The van der Waals surface area contributed by atoms with Crippen molar-refractivity contribution in [3.8, 4) is 12.3 Å². The van der Waals surface area contributed by atoms with Gasteiger partial charge in [0, 0.05) is 18.8 Å². The van der Waals surface area contributed by atoms with Crippen LogP contribution >= 0.6 is 11.8 Å². The molecule has 1 aromatic rings. The first kappa shape index (κ1) is 16.7. The normalized spacial score (nSPS) is 19.9. The van der Waals surface area contributed by atoms with Gasteiger partial charge in [0.05, 0.1) is 11.4 Å². The van der Waals surface area contributed by atoms with Gasteiger partial charge >= 0.3 is 0 Å². The molecule has 24 heavy (non-hydrogen) atoms. The molecule has 124 valence electrons. The van der Waals surface area contributed by atoms with Gasteiger partial charge in [0.1, 0.15) is 0 Å². The van der Waals surface area contributed by atoms with Crippen LogP contribution in [-0.2, 0) is 4.79 Å². The Balaban J connectivity index is 1.82. The number of carbonyl (C=O) groups excluding carboxylic acids is 2. The van der Waals surface area contributed by atoms with Gasteiger partial charge in [0.2, 0.25) is 0 Å². The highest BCUT2D eigenvalue weighted by atomic mass is 32.2. The fraction of sp³-hybridized carbons (Fsp3) is 0.368. The third-order valence-corrected chi connectivity index (χ3v) is 5.29. The smallest absolute Gasteiger partial charge is 0.294 e. The highest BCUT2D eigenvalue weighted by Gasteiger charge is 2.34. The number of aryl methyl sites for hydroxylation is 1. The topological polar surface area (TPSA) is 40.6 Å². The number of anilines is 1. The Kier molecular flexibility index (Phi) is 4.96. The molecule has 2 saturated heterocycles. The summed E-state index contributed by atoms with van der Waals surface area (Å²) >= 11 is 0.950. The van der Waals surface area contributed by atoms with Gasteiger partial charge < -0.3 is 4.90 Å². The molecule has 2 fully saturated rings. The second kappa shape index (κ2) is 7.14. The minimum Gasteiger partial charge on any atom is -0.372 e. The first-order chi connectivity index (χ1) is 11.6. The number of rotatable bonds is 3. The van der Waals surface area contributed by atoms with E-state index < -0.39 is 0 Å². The molecule has 4 nitrogen and oxygen atoms in total. The summed E-state index contributed by atoms with van der Waals surface area (Å²) < 4.78 is 0. The molecule has 0 bridgehead atoms. The molecule has 3 rings (SSSR count). The van der Waals surface area contributed by atoms with Crippen LogP contribution in [0.3, 0.4) is 0 Å². The van der Waals surface area contributed by atoms with Crippen molar-refractivity contribution in [2.24, 2.45) is 0 Å². The molecule has 0 radical (unpaired) electrons. The average molecular weight is 340 g/mol. The summed E-state index contributed by atoms with van der Waals surface area (Å²) in [5.74, 6) is 2.04. The van der Waals surface area contributed by atoms with Crippen molar-refractivity contribution in [1.29, 1.82) is 0 Å². The van der Waals surface area contributed by atoms with Crippen LogP contribution in [0.25, 0.3) is 6.08 Å². The first-order valence-electron chi connectivity index (χ1n) is 8.14. The SMILES string of the molecule is C#CCN1C(=O)S/C(=C/c2ccc(N3CCCCC3)cc2C)C1=O. The van der Waals surface area contributed by atoms with Crippen molar-refractivity contribution in [2.45, 2.75) is 26.2 Å². The Morgan fingerprint density at radius 2 is 2.00 bits per heavy atom. The van der Waals surface area contributed by atoms with Gasteiger partial charge in [-0.2, -0.15) is 0 Å². The Labute approximate surface area is 146 Å². The molecule has 0 spiro atoms. The van der Waals surface area contributed by atoms with Crippen LogP contribution in [0, 0.1) is 19.3 Å². The van der Waals surface area contributed by atoms with Crippen LogP contribution in [0.1, 0.15) is 30.4 Å². The number of amides is 2. The Hall–Kier alpha value is -2.19.